The van der Waals surface area contributed by atoms with Gasteiger partial charge in [0.2, 0.25) is 0 Å². The van der Waals surface area contributed by atoms with Crippen LogP contribution < -0.4 is 4.90 Å². The van der Waals surface area contributed by atoms with Gasteiger partial charge in [0.1, 0.15) is 11.6 Å². The van der Waals surface area contributed by atoms with E-state index in [0.29, 0.717) is 17.7 Å². The molecule has 1 aliphatic heterocycles. The van der Waals surface area contributed by atoms with Crippen molar-refractivity contribution in [3.63, 3.8) is 0 Å². The van der Waals surface area contributed by atoms with Gasteiger partial charge in [-0.25, -0.2) is 4.98 Å². The fraction of sp³-hybridized carbons (Fsp3) is 0.500. The third kappa shape index (κ3) is 2.89. The molecule has 4 heterocycles. The van der Waals surface area contributed by atoms with E-state index in [9.17, 15) is 13.2 Å². The van der Waals surface area contributed by atoms with Gasteiger partial charge in [0.25, 0.3) is 5.82 Å². The van der Waals surface area contributed by atoms with Crippen molar-refractivity contribution in [1.29, 1.82) is 0 Å². The minimum atomic E-state index is -4.59. The van der Waals surface area contributed by atoms with E-state index < -0.39 is 12.0 Å². The van der Waals surface area contributed by atoms with Crippen LogP contribution in [0.5, 0.6) is 0 Å². The molecule has 0 N–H and O–H groups in total. The van der Waals surface area contributed by atoms with Gasteiger partial charge >= 0.3 is 6.18 Å². The zero-order valence-electron chi connectivity index (χ0n) is 14.3. The molecule has 10 heteroatoms. The molecular weight excluding hydrogens is 347 g/mol. The highest BCUT2D eigenvalue weighted by atomic mass is 19.4. The monoisotopic (exact) mass is 365 g/mol. The molecule has 0 saturated carbocycles. The van der Waals surface area contributed by atoms with Crippen LogP contribution in [0.3, 0.4) is 0 Å². The maximum Gasteiger partial charge on any atom is 0.453 e. The highest BCUT2D eigenvalue weighted by Gasteiger charge is 2.38. The van der Waals surface area contributed by atoms with Gasteiger partial charge in [-0.1, -0.05) is 13.8 Å². The van der Waals surface area contributed by atoms with Crippen LogP contribution in [0, 0.1) is 5.92 Å². The van der Waals surface area contributed by atoms with Gasteiger partial charge in [0, 0.05) is 43.9 Å². The summed E-state index contributed by atoms with van der Waals surface area (Å²) >= 11 is 0. The molecule has 0 aliphatic carbocycles. The van der Waals surface area contributed by atoms with Crippen molar-refractivity contribution < 1.29 is 13.2 Å². The maximum atomic E-state index is 13.0. The van der Waals surface area contributed by atoms with Crippen molar-refractivity contribution >= 4 is 11.5 Å². The zero-order valence-corrected chi connectivity index (χ0v) is 14.3. The first kappa shape index (κ1) is 16.8. The molecular formula is C16H18F3N7. The third-order valence-corrected chi connectivity index (χ3v) is 4.50. The molecule has 3 aromatic heterocycles. The number of hydrogen-bond donors (Lipinski definition) is 0. The molecule has 0 atom stereocenters. The molecule has 4 rings (SSSR count). The van der Waals surface area contributed by atoms with Crippen LogP contribution in [0.2, 0.25) is 0 Å². The standard InChI is InChI=1S/C16H18F3N7/c1-10(2)14-20-5-6-24(14)7-11-8-25(9-11)13-4-3-12-21-22-15(16(17,18)19)26(12)23-13/h3-6,10-11H,7-9H2,1-2H3. The van der Waals surface area contributed by atoms with E-state index in [1.54, 1.807) is 12.3 Å². The van der Waals surface area contributed by atoms with Crippen molar-refractivity contribution in [2.24, 2.45) is 5.92 Å². The van der Waals surface area contributed by atoms with Crippen LogP contribution >= 0.6 is 0 Å². The molecule has 0 radical (unpaired) electrons. The Labute approximate surface area is 147 Å². The number of nitrogens with zero attached hydrogens (tertiary/aromatic N) is 7. The van der Waals surface area contributed by atoms with E-state index in [1.807, 2.05) is 11.1 Å². The topological polar surface area (TPSA) is 64.1 Å². The molecule has 1 fully saturated rings. The second-order valence-corrected chi connectivity index (χ2v) is 6.85. The van der Waals surface area contributed by atoms with Gasteiger partial charge in [-0.15, -0.1) is 15.3 Å². The van der Waals surface area contributed by atoms with Crippen LogP contribution in [0.1, 0.15) is 31.4 Å². The fourth-order valence-electron chi connectivity index (χ4n) is 3.25. The Morgan fingerprint density at radius 1 is 1.19 bits per heavy atom. The summed E-state index contributed by atoms with van der Waals surface area (Å²) < 4.78 is 41.8. The van der Waals surface area contributed by atoms with Gasteiger partial charge in [-0.3, -0.25) is 0 Å². The fourth-order valence-corrected chi connectivity index (χ4v) is 3.25. The molecule has 3 aromatic rings. The lowest BCUT2D eigenvalue weighted by atomic mass is 10.00. The summed E-state index contributed by atoms with van der Waals surface area (Å²) in [4.78, 5) is 6.33. The van der Waals surface area contributed by atoms with Crippen molar-refractivity contribution in [3.05, 3.63) is 36.2 Å². The van der Waals surface area contributed by atoms with Crippen LogP contribution in [0.4, 0.5) is 19.0 Å². The predicted octanol–water partition coefficient (Wildman–Crippen LogP) is 2.60. The lowest BCUT2D eigenvalue weighted by Gasteiger charge is -2.40. The van der Waals surface area contributed by atoms with E-state index in [0.717, 1.165) is 30.0 Å². The van der Waals surface area contributed by atoms with E-state index in [1.165, 1.54) is 6.07 Å². The zero-order chi connectivity index (χ0) is 18.5. The molecule has 0 spiro atoms. The number of aromatic nitrogens is 6. The first-order chi connectivity index (χ1) is 12.3. The number of imidazole rings is 1. The van der Waals surface area contributed by atoms with Crippen molar-refractivity contribution in [2.75, 3.05) is 18.0 Å². The van der Waals surface area contributed by atoms with Crippen molar-refractivity contribution in [2.45, 2.75) is 32.5 Å². The van der Waals surface area contributed by atoms with Crippen LogP contribution in [-0.4, -0.2) is 42.5 Å². The Balaban J connectivity index is 1.48. The lowest BCUT2D eigenvalue weighted by molar-refractivity contribution is -0.146. The first-order valence-corrected chi connectivity index (χ1v) is 8.38. The van der Waals surface area contributed by atoms with Crippen LogP contribution in [0.15, 0.2) is 24.5 Å². The van der Waals surface area contributed by atoms with Gasteiger partial charge in [0.05, 0.1) is 0 Å². The maximum absolute atomic E-state index is 13.0. The number of anilines is 1. The average Bonchev–Trinajstić information content (AvgIpc) is 3.15. The summed E-state index contributed by atoms with van der Waals surface area (Å²) in [6, 6.07) is 3.18. The Hall–Kier alpha value is -2.65. The van der Waals surface area contributed by atoms with Gasteiger partial charge < -0.3 is 9.47 Å². The summed E-state index contributed by atoms with van der Waals surface area (Å²) in [5.74, 6) is 1.18. The molecule has 0 amide bonds. The average molecular weight is 365 g/mol. The Kier molecular flexibility index (Phi) is 3.85. The number of rotatable bonds is 4. The minimum Gasteiger partial charge on any atom is -0.354 e. The SMILES string of the molecule is CC(C)c1nccn1CC1CN(c2ccc3nnc(C(F)(F)F)n3n2)C1. The molecule has 1 aliphatic rings. The van der Waals surface area contributed by atoms with E-state index in [4.69, 9.17) is 0 Å². The molecule has 1 saturated heterocycles. The van der Waals surface area contributed by atoms with Gasteiger partial charge in [-0.2, -0.15) is 17.7 Å². The Morgan fingerprint density at radius 3 is 2.65 bits per heavy atom. The second-order valence-electron chi connectivity index (χ2n) is 6.85. The molecule has 0 unspecified atom stereocenters. The second kappa shape index (κ2) is 5.96. The summed E-state index contributed by atoms with van der Waals surface area (Å²) in [6.07, 6.45) is -0.821. The molecule has 0 bridgehead atoms. The predicted molar refractivity (Wildman–Crippen MR) is 87.8 cm³/mol. The van der Waals surface area contributed by atoms with E-state index in [-0.39, 0.29) is 5.65 Å². The molecule has 0 aromatic carbocycles. The van der Waals surface area contributed by atoms with Gasteiger partial charge in [0.15, 0.2) is 5.65 Å². The highest BCUT2D eigenvalue weighted by molar-refractivity contribution is 5.47. The third-order valence-electron chi connectivity index (χ3n) is 4.50. The molecule has 7 nitrogen and oxygen atoms in total. The normalized spacial score (nSPS) is 15.8. The summed E-state index contributed by atoms with van der Waals surface area (Å²) in [5.41, 5.74) is 0.0816. The number of alkyl halides is 3. The number of fused-ring (bicyclic) bond motifs is 1. The van der Waals surface area contributed by atoms with Crippen molar-refractivity contribution in [1.82, 2.24) is 29.4 Å². The Bertz CT molecular complexity index is 921. The highest BCUT2D eigenvalue weighted by Crippen LogP contribution is 2.29. The van der Waals surface area contributed by atoms with Crippen molar-refractivity contribution in [3.8, 4) is 0 Å². The summed E-state index contributed by atoms with van der Waals surface area (Å²) in [6.45, 7) is 6.51. The van der Waals surface area contributed by atoms with Crippen LogP contribution in [-0.2, 0) is 12.7 Å². The molecule has 138 valence electrons. The quantitative estimate of drug-likeness (QED) is 0.711. The first-order valence-electron chi connectivity index (χ1n) is 8.38. The smallest absolute Gasteiger partial charge is 0.354 e. The Morgan fingerprint density at radius 2 is 1.96 bits per heavy atom. The number of hydrogen-bond acceptors (Lipinski definition) is 5. The van der Waals surface area contributed by atoms with Crippen LogP contribution in [0.25, 0.3) is 5.65 Å². The van der Waals surface area contributed by atoms with E-state index in [2.05, 4.69) is 38.7 Å². The summed E-state index contributed by atoms with van der Waals surface area (Å²) in [7, 11) is 0. The van der Waals surface area contributed by atoms with Gasteiger partial charge in [-0.05, 0) is 12.1 Å². The minimum absolute atomic E-state index is 0.0816. The molecule has 26 heavy (non-hydrogen) atoms. The summed E-state index contributed by atoms with van der Waals surface area (Å²) in [5, 5.41) is 10.8. The number of halogens is 3. The lowest BCUT2D eigenvalue weighted by Crippen LogP contribution is -2.49. The largest absolute Gasteiger partial charge is 0.453 e. The van der Waals surface area contributed by atoms with E-state index >= 15 is 0 Å².